The molecular weight excluding hydrogens is 274 g/mol. The lowest BCUT2D eigenvalue weighted by Crippen LogP contribution is -2.59. The third kappa shape index (κ3) is 2.50. The van der Waals surface area contributed by atoms with Gasteiger partial charge in [-0.2, -0.15) is 0 Å². The minimum Gasteiger partial charge on any atom is -0.342 e. The number of ketones is 1. The van der Waals surface area contributed by atoms with Gasteiger partial charge >= 0.3 is 0 Å². The molecule has 0 aromatic rings. The summed E-state index contributed by atoms with van der Waals surface area (Å²) in [5.41, 5.74) is 0. The number of carbonyl (C=O) groups excluding carboxylic acids is 2. The van der Waals surface area contributed by atoms with Gasteiger partial charge in [0.1, 0.15) is 5.78 Å². The maximum atomic E-state index is 12.6. The topological polar surface area (TPSA) is 46.6 Å². The van der Waals surface area contributed by atoms with Crippen molar-refractivity contribution in [3.05, 3.63) is 0 Å². The summed E-state index contributed by atoms with van der Waals surface area (Å²) in [5, 5.41) is 0. The van der Waals surface area contributed by atoms with Crippen LogP contribution in [0.25, 0.3) is 0 Å². The molecule has 2 heterocycles. The summed E-state index contributed by atoms with van der Waals surface area (Å²) in [6.07, 6.45) is 5.01. The van der Waals surface area contributed by atoms with E-state index >= 15 is 0 Å². The highest BCUT2D eigenvalue weighted by Crippen LogP contribution is 2.46. The van der Waals surface area contributed by atoms with Crippen molar-refractivity contribution in [2.75, 3.05) is 13.1 Å². The smallest absolute Gasteiger partial charge is 0.225 e. The van der Waals surface area contributed by atoms with Gasteiger partial charge in [-0.05, 0) is 63.8 Å². The van der Waals surface area contributed by atoms with Gasteiger partial charge in [0.25, 0.3) is 0 Å². The van der Waals surface area contributed by atoms with Crippen LogP contribution >= 0.6 is 12.9 Å². The van der Waals surface area contributed by atoms with E-state index in [0.29, 0.717) is 23.5 Å². The number of piperidine rings is 2. The molecule has 112 valence electrons. The molecule has 20 heavy (non-hydrogen) atoms. The number of rotatable bonds is 3. The van der Waals surface area contributed by atoms with E-state index in [1.165, 1.54) is 0 Å². The predicted octanol–water partition coefficient (Wildman–Crippen LogP) is 2.09. The van der Waals surface area contributed by atoms with Gasteiger partial charge < -0.3 is 9.08 Å². The third-order valence-corrected chi connectivity index (χ3v) is 5.78. The van der Waals surface area contributed by atoms with Crippen molar-refractivity contribution in [1.29, 1.82) is 0 Å². The lowest BCUT2D eigenvalue weighted by Gasteiger charge is -2.53. The van der Waals surface area contributed by atoms with Gasteiger partial charge in [0.05, 0.1) is 6.10 Å². The average molecular weight is 297 g/mol. The van der Waals surface area contributed by atoms with Crippen molar-refractivity contribution in [2.45, 2.75) is 45.1 Å². The Morgan fingerprint density at radius 3 is 2.20 bits per heavy atom. The molecule has 2 atom stereocenters. The first-order valence-corrected chi connectivity index (χ1v) is 8.06. The molecule has 5 heteroatoms. The van der Waals surface area contributed by atoms with E-state index in [1.807, 2.05) is 4.90 Å². The molecule has 2 bridgehead atoms. The summed E-state index contributed by atoms with van der Waals surface area (Å²) >= 11 is 3.87. The van der Waals surface area contributed by atoms with E-state index in [9.17, 15) is 9.59 Å². The molecule has 4 aliphatic rings. The fourth-order valence-corrected chi connectivity index (χ4v) is 4.62. The fourth-order valence-electron chi connectivity index (χ4n) is 4.41. The second-order valence-electron chi connectivity index (χ2n) is 6.71. The van der Waals surface area contributed by atoms with E-state index in [4.69, 9.17) is 4.18 Å². The lowest BCUT2D eigenvalue weighted by molar-refractivity contribution is -0.153. The quantitative estimate of drug-likeness (QED) is 0.641. The van der Waals surface area contributed by atoms with Crippen molar-refractivity contribution in [3.8, 4) is 0 Å². The summed E-state index contributed by atoms with van der Waals surface area (Å²) < 4.78 is 5.06. The van der Waals surface area contributed by atoms with E-state index < -0.39 is 0 Å². The molecule has 0 N–H and O–H groups in total. The Morgan fingerprint density at radius 1 is 1.10 bits per heavy atom. The van der Waals surface area contributed by atoms with E-state index in [0.717, 1.165) is 45.2 Å². The van der Waals surface area contributed by atoms with Crippen LogP contribution in [0.15, 0.2) is 0 Å². The van der Waals surface area contributed by atoms with Gasteiger partial charge in [-0.1, -0.05) is 0 Å². The van der Waals surface area contributed by atoms with Crippen LogP contribution in [0.1, 0.15) is 39.0 Å². The molecule has 4 nitrogen and oxygen atoms in total. The largest absolute Gasteiger partial charge is 0.342 e. The third-order valence-electron chi connectivity index (χ3n) is 5.48. The Hall–Kier alpha value is -0.550. The molecule has 2 saturated carbocycles. The van der Waals surface area contributed by atoms with Crippen molar-refractivity contribution in [3.63, 3.8) is 0 Å². The van der Waals surface area contributed by atoms with Crippen LogP contribution in [0.5, 0.6) is 0 Å². The van der Waals surface area contributed by atoms with Crippen LogP contribution < -0.4 is 0 Å². The Morgan fingerprint density at radius 2 is 1.70 bits per heavy atom. The van der Waals surface area contributed by atoms with Gasteiger partial charge in [-0.15, -0.1) is 0 Å². The predicted molar refractivity (Wildman–Crippen MR) is 78.2 cm³/mol. The molecule has 0 aromatic carbocycles. The number of carbonyl (C=O) groups is 2. The van der Waals surface area contributed by atoms with Crippen LogP contribution in [-0.2, 0) is 13.8 Å². The summed E-state index contributed by atoms with van der Waals surface area (Å²) in [5.74, 6) is 1.85. The molecule has 2 unspecified atom stereocenters. The van der Waals surface area contributed by atoms with Gasteiger partial charge in [-0.25, -0.2) is 0 Å². The van der Waals surface area contributed by atoms with E-state index in [-0.39, 0.29) is 17.9 Å². The first-order chi connectivity index (χ1) is 9.60. The molecule has 0 spiro atoms. The number of nitrogens with zero attached hydrogens (tertiary/aromatic N) is 1. The zero-order valence-corrected chi connectivity index (χ0v) is 12.9. The first kappa shape index (κ1) is 14.4. The number of amides is 1. The van der Waals surface area contributed by atoms with Crippen molar-refractivity contribution in [1.82, 2.24) is 4.90 Å². The summed E-state index contributed by atoms with van der Waals surface area (Å²) in [4.78, 5) is 26.2. The highest BCUT2D eigenvalue weighted by Gasteiger charge is 2.50. The standard InChI is InChI=1S/C15H23NO3S/c1-9(17)14-11-6-12(14)8-16(7-11)15(18)10-2-4-13(19-20)5-3-10/h10-14,20H,2-8H2,1H3. The molecule has 1 amide bonds. The van der Waals surface area contributed by atoms with Gasteiger partial charge in [0.15, 0.2) is 0 Å². The molecule has 4 rings (SSSR count). The molecule has 2 aliphatic carbocycles. The van der Waals surface area contributed by atoms with Crippen molar-refractivity contribution < 1.29 is 13.8 Å². The number of fused-ring (bicyclic) bond motifs is 2. The Balaban J connectivity index is 1.54. The van der Waals surface area contributed by atoms with Crippen LogP contribution in [0.2, 0.25) is 0 Å². The highest BCUT2D eigenvalue weighted by molar-refractivity contribution is 7.75. The molecular formula is C15H23NO3S. The SMILES string of the molecule is CC(=O)C1C2CC1CN(C(=O)C1CCC(OS)CC1)C2. The molecule has 2 aliphatic heterocycles. The second kappa shape index (κ2) is 5.68. The number of hydrogen-bond donors (Lipinski definition) is 1. The zero-order chi connectivity index (χ0) is 14.3. The minimum absolute atomic E-state index is 0.156. The van der Waals surface area contributed by atoms with Gasteiger partial charge in [0, 0.05) is 24.9 Å². The van der Waals surface area contributed by atoms with Gasteiger partial charge in [0.2, 0.25) is 5.91 Å². The van der Waals surface area contributed by atoms with Crippen molar-refractivity contribution in [2.24, 2.45) is 23.7 Å². The monoisotopic (exact) mass is 297 g/mol. The molecule has 0 aromatic heterocycles. The molecule has 4 fully saturated rings. The van der Waals surface area contributed by atoms with Crippen LogP contribution in [0.3, 0.4) is 0 Å². The normalized spacial score (nSPS) is 40.1. The fraction of sp³-hybridized carbons (Fsp3) is 0.867. The Labute approximate surface area is 125 Å². The summed E-state index contributed by atoms with van der Waals surface area (Å²) in [6.45, 7) is 3.28. The summed E-state index contributed by atoms with van der Waals surface area (Å²) in [6, 6.07) is 0. The lowest BCUT2D eigenvalue weighted by atomic mass is 9.60. The number of thiol groups is 1. The van der Waals surface area contributed by atoms with Crippen molar-refractivity contribution >= 4 is 24.6 Å². The average Bonchev–Trinajstić information content (AvgIpc) is 2.46. The van der Waals surface area contributed by atoms with Crippen LogP contribution in [0, 0.1) is 23.7 Å². The highest BCUT2D eigenvalue weighted by atomic mass is 32.1. The number of hydrogen-bond acceptors (Lipinski definition) is 4. The molecule has 2 saturated heterocycles. The van der Waals surface area contributed by atoms with E-state index in [2.05, 4.69) is 12.9 Å². The maximum Gasteiger partial charge on any atom is 0.225 e. The Bertz CT molecular complexity index is 394. The van der Waals surface area contributed by atoms with E-state index in [1.54, 1.807) is 6.92 Å². The first-order valence-electron chi connectivity index (χ1n) is 7.69. The van der Waals surface area contributed by atoms with Crippen LogP contribution in [-0.4, -0.2) is 35.8 Å². The van der Waals surface area contributed by atoms with Crippen LogP contribution in [0.4, 0.5) is 0 Å². The van der Waals surface area contributed by atoms with Gasteiger partial charge in [-0.3, -0.25) is 9.59 Å². The maximum absolute atomic E-state index is 12.6. The zero-order valence-electron chi connectivity index (χ0n) is 12.0. The molecule has 0 radical (unpaired) electrons. The summed E-state index contributed by atoms with van der Waals surface area (Å²) in [7, 11) is 0. The second-order valence-corrected chi connectivity index (χ2v) is 6.93. The Kier molecular flexibility index (Phi) is 4.09. The number of Topliss-reactive ketones (excluding diaryl/α,β-unsaturated/α-hetero) is 1. The minimum atomic E-state index is 0.156.